The van der Waals surface area contributed by atoms with Crippen molar-refractivity contribution >= 4 is 44.7 Å². The van der Waals surface area contributed by atoms with E-state index in [1.165, 1.54) is 11.3 Å². The van der Waals surface area contributed by atoms with Gasteiger partial charge >= 0.3 is 5.97 Å². The van der Waals surface area contributed by atoms with Crippen molar-refractivity contribution in [3.63, 3.8) is 0 Å². The van der Waals surface area contributed by atoms with Gasteiger partial charge in [0.15, 0.2) is 0 Å². The average molecular weight is 418 g/mol. The third-order valence-corrected chi connectivity index (χ3v) is 6.89. The number of nitrogens with zero attached hydrogens (tertiary/aromatic N) is 5. The van der Waals surface area contributed by atoms with Gasteiger partial charge in [-0.1, -0.05) is 0 Å². The minimum atomic E-state index is -0.280. The number of aromatic nitrogens is 3. The molecule has 28 heavy (non-hydrogen) atoms. The Bertz CT molecular complexity index is 992. The molecule has 3 aromatic rings. The Morgan fingerprint density at radius 2 is 2.00 bits per heavy atom. The molecule has 0 radical (unpaired) electrons. The maximum absolute atomic E-state index is 12.3. The molecule has 1 fully saturated rings. The summed E-state index contributed by atoms with van der Waals surface area (Å²) in [5.74, 6) is 0.635. The smallest absolute Gasteiger partial charge is 0.348 e. The number of thiazole rings is 1. The molecule has 9 heteroatoms. The largest absolute Gasteiger partial charge is 0.462 e. The number of piperazine rings is 1. The number of aryl methyl sites for hydroxylation is 2. The molecule has 1 aliphatic rings. The zero-order valence-corrected chi connectivity index (χ0v) is 17.9. The van der Waals surface area contributed by atoms with Crippen LogP contribution in [0.5, 0.6) is 0 Å². The van der Waals surface area contributed by atoms with E-state index in [4.69, 9.17) is 4.74 Å². The van der Waals surface area contributed by atoms with Crippen LogP contribution >= 0.6 is 22.7 Å². The average Bonchev–Trinajstić information content (AvgIpc) is 3.26. The van der Waals surface area contributed by atoms with Crippen LogP contribution in [0.1, 0.15) is 32.9 Å². The molecule has 0 spiro atoms. The second-order valence-electron chi connectivity index (χ2n) is 6.78. The molecule has 4 heterocycles. The number of ether oxygens (including phenoxy) is 1. The molecule has 0 aliphatic carbocycles. The lowest BCUT2D eigenvalue weighted by atomic mass is 10.2. The molecule has 0 bridgehead atoms. The second-order valence-corrected chi connectivity index (χ2v) is 8.84. The summed E-state index contributed by atoms with van der Waals surface area (Å²) < 4.78 is 5.19. The zero-order chi connectivity index (χ0) is 19.7. The van der Waals surface area contributed by atoms with E-state index in [1.807, 2.05) is 20.8 Å². The van der Waals surface area contributed by atoms with Crippen molar-refractivity contribution in [2.45, 2.75) is 27.3 Å². The molecule has 0 saturated carbocycles. The molecule has 1 aliphatic heterocycles. The zero-order valence-electron chi connectivity index (χ0n) is 16.3. The van der Waals surface area contributed by atoms with Crippen LogP contribution in [0.2, 0.25) is 0 Å². The molecular formula is C19H23N5O2S2. The molecule has 0 amide bonds. The summed E-state index contributed by atoms with van der Waals surface area (Å²) in [7, 11) is 0. The fraction of sp³-hybridized carbons (Fsp3) is 0.474. The minimum Gasteiger partial charge on any atom is -0.462 e. The number of esters is 1. The number of hydrogen-bond donors (Lipinski definition) is 0. The summed E-state index contributed by atoms with van der Waals surface area (Å²) in [6.07, 6.45) is 1.59. The van der Waals surface area contributed by atoms with Gasteiger partial charge in [0.05, 0.1) is 22.7 Å². The Morgan fingerprint density at radius 1 is 1.21 bits per heavy atom. The highest BCUT2D eigenvalue weighted by atomic mass is 32.1. The summed E-state index contributed by atoms with van der Waals surface area (Å²) in [6.45, 7) is 10.8. The third-order valence-electron chi connectivity index (χ3n) is 4.89. The number of carbonyl (C=O) groups is 1. The Labute approximate surface area is 172 Å². The van der Waals surface area contributed by atoms with Gasteiger partial charge in [-0.25, -0.2) is 19.7 Å². The van der Waals surface area contributed by atoms with E-state index in [0.29, 0.717) is 11.5 Å². The van der Waals surface area contributed by atoms with Gasteiger partial charge in [-0.3, -0.25) is 4.90 Å². The first-order valence-corrected chi connectivity index (χ1v) is 11.1. The predicted molar refractivity (Wildman–Crippen MR) is 112 cm³/mol. The van der Waals surface area contributed by atoms with E-state index in [0.717, 1.165) is 65.0 Å². The molecule has 0 N–H and O–H groups in total. The van der Waals surface area contributed by atoms with Gasteiger partial charge in [0.25, 0.3) is 0 Å². The lowest BCUT2D eigenvalue weighted by molar-refractivity contribution is 0.0531. The molecule has 4 rings (SSSR count). The number of hydrogen-bond acceptors (Lipinski definition) is 9. The molecule has 0 aromatic carbocycles. The highest BCUT2D eigenvalue weighted by Gasteiger charge is 2.25. The molecule has 7 nitrogen and oxygen atoms in total. The van der Waals surface area contributed by atoms with Gasteiger partial charge in [0.2, 0.25) is 0 Å². The lowest BCUT2D eigenvalue weighted by Gasteiger charge is -2.35. The lowest BCUT2D eigenvalue weighted by Crippen LogP contribution is -2.46. The Balaban J connectivity index is 1.52. The van der Waals surface area contributed by atoms with Crippen LogP contribution < -0.4 is 4.90 Å². The van der Waals surface area contributed by atoms with E-state index in [2.05, 4.69) is 30.1 Å². The monoisotopic (exact) mass is 417 g/mol. The van der Waals surface area contributed by atoms with Crippen molar-refractivity contribution in [1.29, 1.82) is 0 Å². The third kappa shape index (κ3) is 3.74. The van der Waals surface area contributed by atoms with Crippen LogP contribution in [0.3, 0.4) is 0 Å². The summed E-state index contributed by atoms with van der Waals surface area (Å²) in [5, 5.41) is 4.22. The molecule has 148 valence electrons. The first kappa shape index (κ1) is 19.2. The van der Waals surface area contributed by atoms with E-state index >= 15 is 0 Å². The highest BCUT2D eigenvalue weighted by Crippen LogP contribution is 2.35. The van der Waals surface area contributed by atoms with E-state index in [1.54, 1.807) is 17.7 Å². The molecule has 3 aromatic heterocycles. The molecule has 0 unspecified atom stereocenters. The van der Waals surface area contributed by atoms with Gasteiger partial charge in [-0.2, -0.15) is 0 Å². The fourth-order valence-corrected chi connectivity index (χ4v) is 5.15. The Morgan fingerprint density at radius 3 is 2.68 bits per heavy atom. The minimum absolute atomic E-state index is 0.280. The number of carbonyl (C=O) groups excluding carboxylic acids is 1. The van der Waals surface area contributed by atoms with E-state index < -0.39 is 0 Å². The topological polar surface area (TPSA) is 71.5 Å². The first-order chi connectivity index (χ1) is 13.6. The number of anilines is 1. The van der Waals surface area contributed by atoms with Crippen molar-refractivity contribution in [2.75, 3.05) is 37.7 Å². The van der Waals surface area contributed by atoms with Gasteiger partial charge in [-0.05, 0) is 26.3 Å². The first-order valence-electron chi connectivity index (χ1n) is 9.36. The SMILES string of the molecule is CCOC(=O)c1sc2ncnc(N3CCN(Cc4csc(C)n4)CC3)c2c1C. The van der Waals surface area contributed by atoms with Crippen LogP contribution in [-0.2, 0) is 11.3 Å². The number of rotatable bonds is 5. The van der Waals surface area contributed by atoms with Crippen molar-refractivity contribution in [3.05, 3.63) is 32.8 Å². The van der Waals surface area contributed by atoms with Gasteiger partial charge < -0.3 is 9.64 Å². The van der Waals surface area contributed by atoms with Gasteiger partial charge in [0, 0.05) is 38.1 Å². The summed E-state index contributed by atoms with van der Waals surface area (Å²) in [6, 6.07) is 0. The van der Waals surface area contributed by atoms with Crippen LogP contribution in [-0.4, -0.2) is 58.6 Å². The normalized spacial score (nSPS) is 15.3. The summed E-state index contributed by atoms with van der Waals surface area (Å²) in [4.78, 5) is 32.0. The van der Waals surface area contributed by atoms with Gasteiger partial charge in [0.1, 0.15) is 21.9 Å². The molecule has 1 saturated heterocycles. The Hall–Kier alpha value is -2.10. The van der Waals surface area contributed by atoms with Crippen molar-refractivity contribution in [2.24, 2.45) is 0 Å². The van der Waals surface area contributed by atoms with Crippen LogP contribution in [0.15, 0.2) is 11.7 Å². The van der Waals surface area contributed by atoms with Crippen molar-refractivity contribution in [3.8, 4) is 0 Å². The predicted octanol–water partition coefficient (Wildman–Crippen LogP) is 3.26. The summed E-state index contributed by atoms with van der Waals surface area (Å²) >= 11 is 3.08. The van der Waals surface area contributed by atoms with Gasteiger partial charge in [-0.15, -0.1) is 22.7 Å². The van der Waals surface area contributed by atoms with E-state index in [-0.39, 0.29) is 5.97 Å². The van der Waals surface area contributed by atoms with Crippen molar-refractivity contribution in [1.82, 2.24) is 19.9 Å². The van der Waals surface area contributed by atoms with Crippen LogP contribution in [0.25, 0.3) is 10.2 Å². The quantitative estimate of drug-likeness (QED) is 0.590. The van der Waals surface area contributed by atoms with Crippen LogP contribution in [0.4, 0.5) is 5.82 Å². The standard InChI is InChI=1S/C19H23N5O2S2/c1-4-26-19(25)16-12(2)15-17(20-11-21-18(15)28-16)24-7-5-23(6-8-24)9-14-10-27-13(3)22-14/h10-11H,4-9H2,1-3H3. The Kier molecular flexibility index (Phi) is 5.56. The second kappa shape index (κ2) is 8.10. The van der Waals surface area contributed by atoms with E-state index in [9.17, 15) is 4.79 Å². The van der Waals surface area contributed by atoms with Crippen molar-refractivity contribution < 1.29 is 9.53 Å². The maximum atomic E-state index is 12.3. The fourth-order valence-electron chi connectivity index (χ4n) is 3.51. The maximum Gasteiger partial charge on any atom is 0.348 e. The highest BCUT2D eigenvalue weighted by molar-refractivity contribution is 7.20. The molecular weight excluding hydrogens is 394 g/mol. The number of fused-ring (bicyclic) bond motifs is 1. The number of thiophene rings is 1. The van der Waals surface area contributed by atoms with Crippen LogP contribution in [0, 0.1) is 13.8 Å². The summed E-state index contributed by atoms with van der Waals surface area (Å²) in [5.41, 5.74) is 2.06. The molecule has 0 atom stereocenters.